The summed E-state index contributed by atoms with van der Waals surface area (Å²) in [5, 5.41) is 0. The number of carbonyl (C=O) groups is 1. The van der Waals surface area contributed by atoms with Crippen LogP contribution in [0.15, 0.2) is 24.3 Å². The highest BCUT2D eigenvalue weighted by Gasteiger charge is 2.33. The molecule has 2 bridgehead atoms. The third-order valence-electron chi connectivity index (χ3n) is 3.31. The Hall–Kier alpha value is -1.05. The van der Waals surface area contributed by atoms with E-state index in [1.807, 2.05) is 13.0 Å². The van der Waals surface area contributed by atoms with Gasteiger partial charge in [0.05, 0.1) is 0 Å². The van der Waals surface area contributed by atoms with Gasteiger partial charge in [0.2, 0.25) is 0 Å². The van der Waals surface area contributed by atoms with Crippen LogP contribution in [0.3, 0.4) is 0 Å². The van der Waals surface area contributed by atoms with Crippen LogP contribution in [0.5, 0.6) is 0 Å². The summed E-state index contributed by atoms with van der Waals surface area (Å²) < 4.78 is 5.05. The highest BCUT2D eigenvalue weighted by molar-refractivity contribution is 5.66. The fraction of sp³-hybridized carbons (Fsp3) is 0.615. The second-order valence-corrected chi connectivity index (χ2v) is 4.64. The summed E-state index contributed by atoms with van der Waals surface area (Å²) in [6.45, 7) is 3.35. The predicted octanol–water partition coefficient (Wildman–Crippen LogP) is 2.71. The maximum atomic E-state index is 10.7. The molecule has 2 nitrogen and oxygen atoms in total. The first-order valence-electron chi connectivity index (χ1n) is 5.69. The quantitative estimate of drug-likeness (QED) is 0.524. The molecule has 0 amide bonds. The number of hydrogen-bond donors (Lipinski definition) is 0. The molecule has 1 saturated carbocycles. The summed E-state index contributed by atoms with van der Waals surface area (Å²) in [6, 6.07) is 0. The predicted molar refractivity (Wildman–Crippen MR) is 59.2 cm³/mol. The van der Waals surface area contributed by atoms with Crippen molar-refractivity contribution in [2.24, 2.45) is 17.8 Å². The molecular formula is C13H18O2. The van der Waals surface area contributed by atoms with E-state index >= 15 is 0 Å². The third kappa shape index (κ3) is 2.49. The van der Waals surface area contributed by atoms with Crippen LogP contribution in [0.1, 0.15) is 26.7 Å². The summed E-state index contributed by atoms with van der Waals surface area (Å²) in [4.78, 5) is 10.7. The fourth-order valence-electron chi connectivity index (χ4n) is 2.64. The van der Waals surface area contributed by atoms with Crippen molar-refractivity contribution < 1.29 is 9.53 Å². The van der Waals surface area contributed by atoms with Crippen molar-refractivity contribution >= 4 is 5.97 Å². The maximum Gasteiger partial charge on any atom is 0.303 e. The molecule has 0 saturated heterocycles. The minimum Gasteiger partial charge on any atom is -0.459 e. The zero-order valence-corrected chi connectivity index (χ0v) is 9.35. The highest BCUT2D eigenvalue weighted by Crippen LogP contribution is 2.43. The van der Waals surface area contributed by atoms with Crippen molar-refractivity contribution in [3.63, 3.8) is 0 Å². The molecular weight excluding hydrogens is 188 g/mol. The molecule has 0 aromatic heterocycles. The Morgan fingerprint density at radius 2 is 2.27 bits per heavy atom. The molecule has 15 heavy (non-hydrogen) atoms. The number of ether oxygens (including phenoxy) is 1. The molecule has 0 spiro atoms. The van der Waals surface area contributed by atoms with Crippen LogP contribution in [0.25, 0.3) is 0 Å². The Bertz CT molecular complexity index is 304. The van der Waals surface area contributed by atoms with E-state index in [1.54, 1.807) is 0 Å². The number of rotatable bonds is 3. The normalized spacial score (nSPS) is 34.9. The van der Waals surface area contributed by atoms with Gasteiger partial charge in [-0.3, -0.25) is 4.79 Å². The summed E-state index contributed by atoms with van der Waals surface area (Å²) in [7, 11) is 0. The number of allylic oxidation sites excluding steroid dienone is 3. The Kier molecular flexibility index (Phi) is 2.94. The lowest BCUT2D eigenvalue weighted by Crippen LogP contribution is -2.10. The molecule has 2 rings (SSSR count). The van der Waals surface area contributed by atoms with Crippen molar-refractivity contribution in [1.29, 1.82) is 0 Å². The third-order valence-corrected chi connectivity index (χ3v) is 3.31. The Morgan fingerprint density at radius 3 is 2.80 bits per heavy atom. The van der Waals surface area contributed by atoms with Gasteiger partial charge < -0.3 is 4.74 Å². The van der Waals surface area contributed by atoms with Gasteiger partial charge in [-0.05, 0) is 43.6 Å². The number of fused-ring (bicyclic) bond motifs is 2. The van der Waals surface area contributed by atoms with E-state index in [0.717, 1.165) is 11.8 Å². The average molecular weight is 206 g/mol. The van der Waals surface area contributed by atoms with Gasteiger partial charge >= 0.3 is 5.97 Å². The van der Waals surface area contributed by atoms with E-state index in [2.05, 4.69) is 18.2 Å². The van der Waals surface area contributed by atoms with Crippen LogP contribution in [-0.4, -0.2) is 12.1 Å². The minimum absolute atomic E-state index is 0.0920. The second-order valence-electron chi connectivity index (χ2n) is 4.64. The molecule has 2 aliphatic rings. The van der Waals surface area contributed by atoms with Crippen LogP contribution in [0, 0.1) is 17.8 Å². The standard InChI is InChI=1S/C13H18O2/c1-9(15-10(2)14)3-5-12-7-11-4-6-13(12)8-11/h3-6,9,11-13H,7-8H2,1-2H3. The zero-order valence-electron chi connectivity index (χ0n) is 9.35. The van der Waals surface area contributed by atoms with Crippen molar-refractivity contribution in [1.82, 2.24) is 0 Å². The van der Waals surface area contributed by atoms with Crippen LogP contribution in [0.4, 0.5) is 0 Å². The smallest absolute Gasteiger partial charge is 0.303 e. The van der Waals surface area contributed by atoms with Crippen LogP contribution in [-0.2, 0) is 9.53 Å². The fourth-order valence-corrected chi connectivity index (χ4v) is 2.64. The van der Waals surface area contributed by atoms with Crippen molar-refractivity contribution in [3.05, 3.63) is 24.3 Å². The minimum atomic E-state index is -0.208. The van der Waals surface area contributed by atoms with Gasteiger partial charge in [-0.1, -0.05) is 18.2 Å². The second kappa shape index (κ2) is 4.21. The molecule has 2 heteroatoms. The van der Waals surface area contributed by atoms with E-state index in [1.165, 1.54) is 19.8 Å². The summed E-state index contributed by atoms with van der Waals surface area (Å²) in [5.74, 6) is 1.99. The SMILES string of the molecule is CC(=O)OC(C)C=CC1CC2C=CC1C2. The van der Waals surface area contributed by atoms with Crippen molar-refractivity contribution in [2.45, 2.75) is 32.8 Å². The largest absolute Gasteiger partial charge is 0.459 e. The van der Waals surface area contributed by atoms with E-state index in [9.17, 15) is 4.79 Å². The van der Waals surface area contributed by atoms with Crippen molar-refractivity contribution in [2.75, 3.05) is 0 Å². The lowest BCUT2D eigenvalue weighted by atomic mass is 9.93. The maximum absolute atomic E-state index is 10.7. The van der Waals surface area contributed by atoms with E-state index in [-0.39, 0.29) is 12.1 Å². The lowest BCUT2D eigenvalue weighted by Gasteiger charge is -2.14. The molecule has 0 aromatic rings. The Morgan fingerprint density at radius 1 is 1.47 bits per heavy atom. The summed E-state index contributed by atoms with van der Waals surface area (Å²) in [5.41, 5.74) is 0. The van der Waals surface area contributed by atoms with Gasteiger partial charge in [-0.2, -0.15) is 0 Å². The van der Waals surface area contributed by atoms with Gasteiger partial charge in [0.15, 0.2) is 0 Å². The van der Waals surface area contributed by atoms with E-state index in [0.29, 0.717) is 5.92 Å². The van der Waals surface area contributed by atoms with Crippen LogP contribution >= 0.6 is 0 Å². The van der Waals surface area contributed by atoms with Crippen LogP contribution < -0.4 is 0 Å². The Labute approximate surface area is 91.0 Å². The van der Waals surface area contributed by atoms with E-state index in [4.69, 9.17) is 4.74 Å². The first-order valence-corrected chi connectivity index (χ1v) is 5.69. The number of esters is 1. The van der Waals surface area contributed by atoms with Gasteiger partial charge in [0, 0.05) is 6.92 Å². The molecule has 0 N–H and O–H groups in total. The molecule has 82 valence electrons. The topological polar surface area (TPSA) is 26.3 Å². The molecule has 4 atom stereocenters. The first-order chi connectivity index (χ1) is 7.15. The van der Waals surface area contributed by atoms with E-state index < -0.39 is 0 Å². The molecule has 0 aliphatic heterocycles. The molecule has 0 aromatic carbocycles. The van der Waals surface area contributed by atoms with Gasteiger partial charge in [-0.25, -0.2) is 0 Å². The number of carbonyl (C=O) groups excluding carboxylic acids is 1. The molecule has 4 unspecified atom stereocenters. The zero-order chi connectivity index (χ0) is 10.8. The molecule has 0 radical (unpaired) electrons. The van der Waals surface area contributed by atoms with Gasteiger partial charge in [-0.15, -0.1) is 0 Å². The average Bonchev–Trinajstić information content (AvgIpc) is 2.74. The lowest BCUT2D eigenvalue weighted by molar-refractivity contribution is -0.143. The number of hydrogen-bond acceptors (Lipinski definition) is 2. The molecule has 0 heterocycles. The van der Waals surface area contributed by atoms with Gasteiger partial charge in [0.25, 0.3) is 0 Å². The van der Waals surface area contributed by atoms with Gasteiger partial charge in [0.1, 0.15) is 6.10 Å². The Balaban J connectivity index is 1.84. The summed E-state index contributed by atoms with van der Waals surface area (Å²) in [6.07, 6.45) is 11.4. The monoisotopic (exact) mass is 206 g/mol. The first kappa shape index (κ1) is 10.5. The molecule has 1 fully saturated rings. The van der Waals surface area contributed by atoms with Crippen molar-refractivity contribution in [3.8, 4) is 0 Å². The highest BCUT2D eigenvalue weighted by atomic mass is 16.5. The van der Waals surface area contributed by atoms with Crippen LogP contribution in [0.2, 0.25) is 0 Å². The summed E-state index contributed by atoms with van der Waals surface area (Å²) >= 11 is 0. The molecule has 2 aliphatic carbocycles.